The average molecular weight is 554 g/mol. The van der Waals surface area contributed by atoms with E-state index in [0.29, 0.717) is 24.5 Å². The molecule has 4 amide bonds. The fourth-order valence-electron chi connectivity index (χ4n) is 5.25. The summed E-state index contributed by atoms with van der Waals surface area (Å²) in [6.07, 6.45) is 1.56. The molecule has 0 spiro atoms. The van der Waals surface area contributed by atoms with Crippen molar-refractivity contribution < 1.29 is 29.0 Å². The van der Waals surface area contributed by atoms with Crippen molar-refractivity contribution in [1.29, 1.82) is 0 Å². The van der Waals surface area contributed by atoms with Crippen molar-refractivity contribution in [3.05, 3.63) is 53.6 Å². The number of phenols is 1. The van der Waals surface area contributed by atoms with Gasteiger partial charge in [-0.2, -0.15) is 0 Å². The largest absolute Gasteiger partial charge is 0.508 e. The van der Waals surface area contributed by atoms with Crippen LogP contribution in [-0.4, -0.2) is 81.9 Å². The molecule has 0 bridgehead atoms. The van der Waals surface area contributed by atoms with Crippen LogP contribution in [0.2, 0.25) is 0 Å². The lowest BCUT2D eigenvalue weighted by Gasteiger charge is -2.54. The number of carbonyl (C=O) groups excluding carboxylic acids is 3. The summed E-state index contributed by atoms with van der Waals surface area (Å²) in [5.74, 6) is 1.17. The quantitative estimate of drug-likeness (QED) is 0.541. The molecule has 0 aromatic heterocycles. The van der Waals surface area contributed by atoms with Gasteiger partial charge in [-0.25, -0.2) is 14.8 Å². The Hall–Kier alpha value is -3.99. The first-order valence-corrected chi connectivity index (χ1v) is 13.9. The number of nitrogens with zero attached hydrogens (tertiary/aromatic N) is 4. The van der Waals surface area contributed by atoms with E-state index in [1.54, 1.807) is 51.1 Å². The fraction of sp³-hybridized carbons (Fsp3) is 0.483. The minimum absolute atomic E-state index is 0.00119. The van der Waals surface area contributed by atoms with Gasteiger partial charge in [-0.3, -0.25) is 9.59 Å². The first-order valence-electron chi connectivity index (χ1n) is 13.9. The smallest absolute Gasteiger partial charge is 0.334 e. The summed E-state index contributed by atoms with van der Waals surface area (Å²) < 4.78 is 10.9. The number of amides is 4. The van der Waals surface area contributed by atoms with E-state index in [4.69, 9.17) is 9.47 Å². The van der Waals surface area contributed by atoms with Crippen molar-refractivity contribution in [2.75, 3.05) is 26.9 Å². The van der Waals surface area contributed by atoms with Crippen LogP contribution < -0.4 is 14.8 Å². The Morgan fingerprint density at radius 3 is 2.48 bits per heavy atom. The van der Waals surface area contributed by atoms with E-state index in [1.807, 2.05) is 39.0 Å². The summed E-state index contributed by atoms with van der Waals surface area (Å²) in [4.78, 5) is 43.7. The molecule has 1 unspecified atom stereocenters. The standard InChI is InChI=1S/C27H33N5O6.C2H6/c1-3-4-5-21-26(35)30(14-19-8-11-22-23(12-19)38-17-37-22)15-24-31(21)25(34)16-29(2)32(24)27(36)28-13-18-6-9-20(33)10-7-18;1-2/h6-12,21,24,33H,3-5,13-17H2,1-2H3,(H,28,36);1-2H3/t21-,24?;/m0./s1. The molecule has 216 valence electrons. The zero-order valence-electron chi connectivity index (χ0n) is 23.6. The summed E-state index contributed by atoms with van der Waals surface area (Å²) in [5, 5.41) is 15.6. The number of likely N-dealkylation sites (N-methyl/N-ethyl adjacent to an activating group) is 1. The highest BCUT2D eigenvalue weighted by molar-refractivity contribution is 5.91. The number of unbranched alkanes of at least 4 members (excludes halogenated alkanes) is 1. The van der Waals surface area contributed by atoms with Gasteiger partial charge >= 0.3 is 6.03 Å². The van der Waals surface area contributed by atoms with E-state index in [1.165, 1.54) is 0 Å². The summed E-state index contributed by atoms with van der Waals surface area (Å²) in [5.41, 5.74) is 1.71. The number of hydrazine groups is 1. The number of hydrogen-bond donors (Lipinski definition) is 2. The topological polar surface area (TPSA) is 115 Å². The number of phenolic OH excluding ortho intramolecular Hbond substituents is 1. The molecule has 11 heteroatoms. The molecule has 3 aliphatic rings. The Bertz CT molecular complexity index is 1210. The lowest BCUT2D eigenvalue weighted by Crippen LogP contribution is -2.75. The summed E-state index contributed by atoms with van der Waals surface area (Å²) >= 11 is 0. The number of benzene rings is 2. The zero-order chi connectivity index (χ0) is 28.8. The average Bonchev–Trinajstić information content (AvgIpc) is 3.42. The van der Waals surface area contributed by atoms with Crippen LogP contribution in [0.15, 0.2) is 42.5 Å². The van der Waals surface area contributed by atoms with Crippen molar-refractivity contribution in [2.24, 2.45) is 0 Å². The number of piperazine rings is 1. The molecule has 2 aromatic carbocycles. The maximum Gasteiger partial charge on any atom is 0.334 e. The van der Waals surface area contributed by atoms with Crippen molar-refractivity contribution in [3.63, 3.8) is 0 Å². The molecule has 2 fully saturated rings. The van der Waals surface area contributed by atoms with Crippen LogP contribution in [0.25, 0.3) is 0 Å². The summed E-state index contributed by atoms with van der Waals surface area (Å²) in [6.45, 7) is 6.97. The van der Waals surface area contributed by atoms with Crippen molar-refractivity contribution >= 4 is 17.8 Å². The molecule has 0 saturated carbocycles. The zero-order valence-corrected chi connectivity index (χ0v) is 23.6. The third-order valence-corrected chi connectivity index (χ3v) is 7.17. The van der Waals surface area contributed by atoms with Gasteiger partial charge in [-0.15, -0.1) is 0 Å². The second-order valence-electron chi connectivity index (χ2n) is 9.83. The third-order valence-electron chi connectivity index (χ3n) is 7.17. The van der Waals surface area contributed by atoms with Gasteiger partial charge in [0, 0.05) is 20.1 Å². The number of rotatable bonds is 7. The number of fused-ring (bicyclic) bond motifs is 2. The van der Waals surface area contributed by atoms with Gasteiger partial charge < -0.3 is 29.7 Å². The molecular weight excluding hydrogens is 514 g/mol. The fourth-order valence-corrected chi connectivity index (χ4v) is 5.25. The number of hydrogen-bond acceptors (Lipinski definition) is 7. The number of nitrogens with one attached hydrogen (secondary N) is 1. The predicted molar refractivity (Wildman–Crippen MR) is 148 cm³/mol. The second kappa shape index (κ2) is 12.9. The van der Waals surface area contributed by atoms with Gasteiger partial charge in [0.15, 0.2) is 11.5 Å². The lowest BCUT2D eigenvalue weighted by atomic mass is 10.0. The van der Waals surface area contributed by atoms with Gasteiger partial charge in [0.2, 0.25) is 18.6 Å². The Morgan fingerprint density at radius 1 is 1.05 bits per heavy atom. The van der Waals surface area contributed by atoms with E-state index in [2.05, 4.69) is 5.32 Å². The van der Waals surface area contributed by atoms with Crippen LogP contribution in [0.1, 0.15) is 51.2 Å². The molecule has 11 nitrogen and oxygen atoms in total. The number of ether oxygens (including phenoxy) is 2. The third kappa shape index (κ3) is 6.09. The molecule has 0 radical (unpaired) electrons. The van der Waals surface area contributed by atoms with Crippen LogP contribution >= 0.6 is 0 Å². The second-order valence-corrected chi connectivity index (χ2v) is 9.83. The highest BCUT2D eigenvalue weighted by atomic mass is 16.7. The predicted octanol–water partition coefficient (Wildman–Crippen LogP) is 3.28. The van der Waals surface area contributed by atoms with Crippen molar-refractivity contribution in [3.8, 4) is 17.2 Å². The van der Waals surface area contributed by atoms with Gasteiger partial charge in [0.05, 0.1) is 13.1 Å². The van der Waals surface area contributed by atoms with Crippen LogP contribution in [0.5, 0.6) is 17.2 Å². The lowest BCUT2D eigenvalue weighted by molar-refractivity contribution is -0.188. The van der Waals surface area contributed by atoms with Crippen LogP contribution in [0.3, 0.4) is 0 Å². The Balaban J connectivity index is 0.00000181. The Kier molecular flexibility index (Phi) is 9.36. The van der Waals surface area contributed by atoms with Crippen molar-refractivity contribution in [2.45, 2.75) is 65.3 Å². The summed E-state index contributed by atoms with van der Waals surface area (Å²) in [6, 6.07) is 11.2. The molecule has 0 aliphatic carbocycles. The van der Waals surface area contributed by atoms with Gasteiger partial charge in [0.25, 0.3) is 0 Å². The van der Waals surface area contributed by atoms with E-state index in [-0.39, 0.29) is 50.0 Å². The van der Waals surface area contributed by atoms with Crippen molar-refractivity contribution in [1.82, 2.24) is 25.1 Å². The summed E-state index contributed by atoms with van der Waals surface area (Å²) in [7, 11) is 1.70. The molecule has 40 heavy (non-hydrogen) atoms. The molecular formula is C29H39N5O6. The van der Waals surface area contributed by atoms with Gasteiger partial charge in [-0.1, -0.05) is 51.8 Å². The molecule has 2 aromatic rings. The highest BCUT2D eigenvalue weighted by Gasteiger charge is 2.50. The monoisotopic (exact) mass is 553 g/mol. The first-order chi connectivity index (χ1) is 19.4. The van der Waals surface area contributed by atoms with E-state index in [0.717, 1.165) is 24.0 Å². The molecule has 5 rings (SSSR count). The molecule has 2 saturated heterocycles. The maximum absolute atomic E-state index is 13.7. The van der Waals surface area contributed by atoms with Crippen LogP contribution in [0, 0.1) is 0 Å². The molecule has 3 aliphatic heterocycles. The normalized spacial score (nSPS) is 20.1. The number of aromatic hydroxyl groups is 1. The molecule has 3 heterocycles. The van der Waals surface area contributed by atoms with Crippen LogP contribution in [0.4, 0.5) is 4.79 Å². The minimum atomic E-state index is -0.644. The van der Waals surface area contributed by atoms with Gasteiger partial charge in [-0.05, 0) is 41.8 Å². The Morgan fingerprint density at radius 2 is 1.75 bits per heavy atom. The first kappa shape index (κ1) is 29.0. The van der Waals surface area contributed by atoms with Gasteiger partial charge in [0.1, 0.15) is 18.0 Å². The van der Waals surface area contributed by atoms with E-state index in [9.17, 15) is 19.5 Å². The molecule has 2 atom stereocenters. The minimum Gasteiger partial charge on any atom is -0.508 e. The number of urea groups is 1. The number of carbonyl (C=O) groups is 3. The highest BCUT2D eigenvalue weighted by Crippen LogP contribution is 2.34. The van der Waals surface area contributed by atoms with Crippen LogP contribution in [-0.2, 0) is 22.7 Å². The Labute approximate surface area is 235 Å². The SMILES string of the molecule is CC.CCCC[C@H]1C(=O)N(Cc2ccc3c(c2)OCO3)CC2N1C(=O)CN(C)N2C(=O)NCc1ccc(O)cc1. The van der Waals surface area contributed by atoms with E-state index < -0.39 is 12.2 Å². The molecule has 2 N–H and O–H groups in total. The van der Waals surface area contributed by atoms with E-state index >= 15 is 0 Å². The maximum atomic E-state index is 13.7.